The van der Waals surface area contributed by atoms with Crippen LogP contribution in [0.15, 0.2) is 10.2 Å². The lowest BCUT2D eigenvalue weighted by atomic mass is 11.4. The largest absolute Gasteiger partial charge is 0.322 e. The van der Waals surface area contributed by atoms with Crippen molar-refractivity contribution in [1.82, 2.24) is 0 Å². The molecule has 0 fully saturated rings. The maximum Gasteiger partial charge on any atom is 0.156 e. The van der Waals surface area contributed by atoms with E-state index in [1.54, 1.807) is 0 Å². The Labute approximate surface area is 40.0 Å². The van der Waals surface area contributed by atoms with Gasteiger partial charge in [0.15, 0.2) is 6.34 Å². The first-order chi connectivity index (χ1) is 2.41. The zero-order chi connectivity index (χ0) is 4.12. The highest BCUT2D eigenvalue weighted by molar-refractivity contribution is 5.75. The lowest BCUT2D eigenvalue weighted by molar-refractivity contribution is 1.17. The lowest BCUT2D eigenvalue weighted by Crippen LogP contribution is -1.75. The molecule has 0 amide bonds. The van der Waals surface area contributed by atoms with Crippen LogP contribution in [0.3, 0.4) is 0 Å². The van der Waals surface area contributed by atoms with Gasteiger partial charge in [0.1, 0.15) is 0 Å². The molecule has 0 aromatic carbocycles. The molecule has 0 bridgehead atoms. The fraction of sp³-hybridized carbons (Fsp3) is 0. The Morgan fingerprint density at radius 3 is 2.17 bits per heavy atom. The molecule has 0 saturated heterocycles. The summed E-state index contributed by atoms with van der Waals surface area (Å²) < 4.78 is 0. The van der Waals surface area contributed by atoms with Crippen LogP contribution in [-0.2, 0) is 0 Å². The van der Waals surface area contributed by atoms with Crippen molar-refractivity contribution in [2.45, 2.75) is 0 Å². The van der Waals surface area contributed by atoms with Crippen LogP contribution in [0.2, 0.25) is 0 Å². The topological polar surface area (TPSA) is 74.6 Å². The molecule has 32 valence electrons. The third-order valence-corrected chi connectivity index (χ3v) is 0.124. The van der Waals surface area contributed by atoms with Crippen LogP contribution in [0.4, 0.5) is 0 Å². The molecule has 4 nitrogen and oxygen atoms in total. The number of hydrogen-bond donors (Lipinski definition) is 2. The molecule has 0 aromatic rings. The van der Waals surface area contributed by atoms with E-state index in [0.717, 1.165) is 6.34 Å². The highest BCUT2D eigenvalue weighted by Gasteiger charge is 1.43. The summed E-state index contributed by atoms with van der Waals surface area (Å²) in [5, 5.41) is 5.56. The van der Waals surface area contributed by atoms with Gasteiger partial charge in [0.05, 0.1) is 0 Å². The summed E-state index contributed by atoms with van der Waals surface area (Å²) in [4.78, 5) is 0. The lowest BCUT2D eigenvalue weighted by Gasteiger charge is -1.58. The Hall–Kier alpha value is -0.713. The highest BCUT2D eigenvalue weighted by atomic mass is 28.1. The van der Waals surface area contributed by atoms with Gasteiger partial charge < -0.3 is 5.84 Å². The zero-order valence-corrected chi connectivity index (χ0v) is 4.05. The minimum absolute atomic E-state index is 0. The molecule has 0 saturated carbocycles. The van der Waals surface area contributed by atoms with Gasteiger partial charge in [0, 0.05) is 11.0 Å². The van der Waals surface area contributed by atoms with E-state index in [-0.39, 0.29) is 11.0 Å². The summed E-state index contributed by atoms with van der Waals surface area (Å²) in [5.41, 5.74) is 6.00. The molecule has 0 rings (SSSR count). The summed E-state index contributed by atoms with van der Waals surface area (Å²) in [6.45, 7) is 0. The first-order valence-corrected chi connectivity index (χ1v) is 0.998. The molecular formula is CH4N4Si. The third kappa shape index (κ3) is 10.4. The molecule has 0 aliphatic rings. The second kappa shape index (κ2) is 8.86. The van der Waals surface area contributed by atoms with E-state index in [9.17, 15) is 0 Å². The average molecular weight is 100 g/mol. The van der Waals surface area contributed by atoms with Gasteiger partial charge in [-0.25, -0.2) is 5.53 Å². The van der Waals surface area contributed by atoms with Crippen molar-refractivity contribution >= 4 is 17.3 Å². The Balaban J connectivity index is 0. The van der Waals surface area contributed by atoms with Crippen LogP contribution >= 0.6 is 0 Å². The summed E-state index contributed by atoms with van der Waals surface area (Å²) in [5.74, 6) is 4.49. The molecule has 5 heteroatoms. The summed E-state index contributed by atoms with van der Waals surface area (Å²) in [6, 6.07) is 0. The molecule has 3 N–H and O–H groups in total. The van der Waals surface area contributed by atoms with Gasteiger partial charge in [-0.3, -0.25) is 0 Å². The number of nitrogens with two attached hydrogens (primary N) is 1. The van der Waals surface area contributed by atoms with E-state index >= 15 is 0 Å². The molecule has 0 heterocycles. The molecule has 0 aliphatic carbocycles. The van der Waals surface area contributed by atoms with Crippen LogP contribution < -0.4 is 5.84 Å². The number of hydrazone groups is 1. The van der Waals surface area contributed by atoms with E-state index in [1.807, 2.05) is 0 Å². The number of hydrogen-bond acceptors (Lipinski definition) is 3. The molecule has 0 unspecified atom stereocenters. The summed E-state index contributed by atoms with van der Waals surface area (Å²) in [6.07, 6.45) is 0.944. The van der Waals surface area contributed by atoms with Gasteiger partial charge in [-0.05, 0) is 0 Å². The first-order valence-electron chi connectivity index (χ1n) is 0.998. The SMILES string of the molecule is N=NC=NN.[Si]. The van der Waals surface area contributed by atoms with Crippen molar-refractivity contribution in [3.8, 4) is 0 Å². The average Bonchev–Trinajstić information content (AvgIpc) is 1.41. The summed E-state index contributed by atoms with van der Waals surface area (Å²) >= 11 is 0. The first kappa shape index (κ1) is 8.99. The third-order valence-electron chi connectivity index (χ3n) is 0.124. The van der Waals surface area contributed by atoms with Gasteiger partial charge in [0.25, 0.3) is 0 Å². The van der Waals surface area contributed by atoms with Gasteiger partial charge >= 0.3 is 0 Å². The standard InChI is InChI=1S/CH4N4.Si/c2-4-1-5-3;/h1-2H,3H2;. The minimum atomic E-state index is 0. The van der Waals surface area contributed by atoms with Crippen LogP contribution in [-0.4, -0.2) is 17.3 Å². The van der Waals surface area contributed by atoms with Crippen molar-refractivity contribution in [3.63, 3.8) is 0 Å². The minimum Gasteiger partial charge on any atom is -0.322 e. The van der Waals surface area contributed by atoms with E-state index in [2.05, 4.69) is 16.1 Å². The maximum absolute atomic E-state index is 6.00. The fourth-order valence-corrected chi connectivity index (χ4v) is 0.0333. The van der Waals surface area contributed by atoms with Crippen molar-refractivity contribution in [3.05, 3.63) is 0 Å². The van der Waals surface area contributed by atoms with E-state index in [1.165, 1.54) is 0 Å². The molecule has 0 spiro atoms. The van der Waals surface area contributed by atoms with Crippen molar-refractivity contribution in [1.29, 1.82) is 5.53 Å². The Kier molecular flexibility index (Phi) is 13.3. The smallest absolute Gasteiger partial charge is 0.156 e. The maximum atomic E-state index is 6.00. The van der Waals surface area contributed by atoms with E-state index < -0.39 is 0 Å². The number of nitrogens with one attached hydrogen (secondary N) is 1. The van der Waals surface area contributed by atoms with E-state index in [4.69, 9.17) is 5.53 Å². The van der Waals surface area contributed by atoms with Crippen molar-refractivity contribution in [2.24, 2.45) is 16.1 Å². The number of rotatable bonds is 1. The Morgan fingerprint density at radius 2 is 2.17 bits per heavy atom. The molecular weight excluding hydrogens is 96.1 g/mol. The predicted octanol–water partition coefficient (Wildman–Crippen LogP) is -0.461. The number of nitrogens with zero attached hydrogens (tertiary/aromatic N) is 2. The molecule has 0 atom stereocenters. The Morgan fingerprint density at radius 1 is 1.67 bits per heavy atom. The van der Waals surface area contributed by atoms with Crippen LogP contribution in [0, 0.1) is 5.53 Å². The predicted molar refractivity (Wildman–Crippen MR) is 23.6 cm³/mol. The molecule has 4 radical (unpaired) electrons. The zero-order valence-electron chi connectivity index (χ0n) is 3.05. The fourth-order valence-electron chi connectivity index (χ4n) is 0.0333. The molecule has 6 heavy (non-hydrogen) atoms. The van der Waals surface area contributed by atoms with Gasteiger partial charge in [-0.1, -0.05) is 0 Å². The summed E-state index contributed by atoms with van der Waals surface area (Å²) in [7, 11) is 0. The van der Waals surface area contributed by atoms with E-state index in [0.29, 0.717) is 0 Å². The van der Waals surface area contributed by atoms with Crippen LogP contribution in [0.25, 0.3) is 0 Å². The second-order valence-electron chi connectivity index (χ2n) is 0.394. The highest BCUT2D eigenvalue weighted by Crippen LogP contribution is 1.44. The van der Waals surface area contributed by atoms with Gasteiger partial charge in [0.2, 0.25) is 0 Å². The van der Waals surface area contributed by atoms with Crippen LogP contribution in [0.1, 0.15) is 0 Å². The molecule has 0 aliphatic heterocycles. The molecule has 0 aromatic heterocycles. The monoisotopic (exact) mass is 100 g/mol. The van der Waals surface area contributed by atoms with Gasteiger partial charge in [-0.2, -0.15) is 5.10 Å². The normalized spacial score (nSPS) is 7.33. The second-order valence-corrected chi connectivity index (χ2v) is 0.394. The quantitative estimate of drug-likeness (QED) is 0.115. The van der Waals surface area contributed by atoms with Crippen molar-refractivity contribution < 1.29 is 0 Å². The van der Waals surface area contributed by atoms with Crippen molar-refractivity contribution in [2.75, 3.05) is 0 Å². The van der Waals surface area contributed by atoms with Gasteiger partial charge in [-0.15, -0.1) is 5.11 Å². The Bertz CT molecular complexity index is 49.5. The van der Waals surface area contributed by atoms with Crippen LogP contribution in [0.5, 0.6) is 0 Å².